The first-order valence-corrected chi connectivity index (χ1v) is 6.82. The van der Waals surface area contributed by atoms with Crippen molar-refractivity contribution in [2.45, 2.75) is 38.8 Å². The zero-order chi connectivity index (χ0) is 13.7. The second kappa shape index (κ2) is 6.57. The van der Waals surface area contributed by atoms with Gasteiger partial charge in [-0.25, -0.2) is 0 Å². The first-order valence-electron chi connectivity index (χ1n) is 6.82. The third kappa shape index (κ3) is 4.56. The number of ether oxygens (including phenoxy) is 1. The lowest BCUT2D eigenvalue weighted by molar-refractivity contribution is -0.121. The molecule has 4 heteroatoms. The Morgan fingerprint density at radius 2 is 2.21 bits per heavy atom. The van der Waals surface area contributed by atoms with E-state index in [0.717, 1.165) is 30.7 Å². The van der Waals surface area contributed by atoms with Crippen LogP contribution in [0.5, 0.6) is 5.75 Å². The standard InChI is InChI=1S/C15H22N2O2/c1-11-3-6-14(19-2)12(9-11)10-16-8-7-15(18)17-13-4-5-13/h3,6,9,13,16H,4-5,7-8,10H2,1-2H3,(H,17,18). The van der Waals surface area contributed by atoms with Crippen molar-refractivity contribution >= 4 is 5.91 Å². The van der Waals surface area contributed by atoms with E-state index < -0.39 is 0 Å². The van der Waals surface area contributed by atoms with Crippen molar-refractivity contribution < 1.29 is 9.53 Å². The van der Waals surface area contributed by atoms with Gasteiger partial charge in [0.1, 0.15) is 5.75 Å². The second-order valence-corrected chi connectivity index (χ2v) is 5.08. The molecule has 19 heavy (non-hydrogen) atoms. The molecule has 0 heterocycles. The molecule has 4 nitrogen and oxygen atoms in total. The molecule has 1 aliphatic carbocycles. The topological polar surface area (TPSA) is 50.4 Å². The number of hydrogen-bond donors (Lipinski definition) is 2. The van der Waals surface area contributed by atoms with E-state index >= 15 is 0 Å². The van der Waals surface area contributed by atoms with Gasteiger partial charge in [0.15, 0.2) is 0 Å². The number of aryl methyl sites for hydroxylation is 1. The summed E-state index contributed by atoms with van der Waals surface area (Å²) in [6.45, 7) is 3.48. The molecule has 104 valence electrons. The summed E-state index contributed by atoms with van der Waals surface area (Å²) in [6.07, 6.45) is 2.81. The fourth-order valence-electron chi connectivity index (χ4n) is 2.00. The molecule has 2 rings (SSSR count). The lowest BCUT2D eigenvalue weighted by Crippen LogP contribution is -2.29. The smallest absolute Gasteiger partial charge is 0.221 e. The van der Waals surface area contributed by atoms with Crippen molar-refractivity contribution in [2.24, 2.45) is 0 Å². The van der Waals surface area contributed by atoms with E-state index in [4.69, 9.17) is 4.74 Å². The van der Waals surface area contributed by atoms with Crippen LogP contribution in [0.2, 0.25) is 0 Å². The zero-order valence-corrected chi connectivity index (χ0v) is 11.7. The molecular formula is C15H22N2O2. The quantitative estimate of drug-likeness (QED) is 0.736. The van der Waals surface area contributed by atoms with Gasteiger partial charge in [-0.2, -0.15) is 0 Å². The molecule has 0 aromatic heterocycles. The van der Waals surface area contributed by atoms with Crippen LogP contribution in [-0.4, -0.2) is 25.6 Å². The number of carbonyl (C=O) groups is 1. The predicted molar refractivity (Wildman–Crippen MR) is 75.2 cm³/mol. The van der Waals surface area contributed by atoms with E-state index in [1.165, 1.54) is 5.56 Å². The van der Waals surface area contributed by atoms with E-state index in [-0.39, 0.29) is 5.91 Å². The van der Waals surface area contributed by atoms with Crippen LogP contribution in [0.3, 0.4) is 0 Å². The van der Waals surface area contributed by atoms with Crippen LogP contribution >= 0.6 is 0 Å². The summed E-state index contributed by atoms with van der Waals surface area (Å²) >= 11 is 0. The summed E-state index contributed by atoms with van der Waals surface area (Å²) in [5.74, 6) is 1.03. The Kier molecular flexibility index (Phi) is 4.80. The lowest BCUT2D eigenvalue weighted by atomic mass is 10.1. The van der Waals surface area contributed by atoms with Crippen LogP contribution in [0, 0.1) is 6.92 Å². The average molecular weight is 262 g/mol. The molecule has 1 saturated carbocycles. The van der Waals surface area contributed by atoms with E-state index in [2.05, 4.69) is 23.6 Å². The predicted octanol–water partition coefficient (Wildman–Crippen LogP) is 1.76. The van der Waals surface area contributed by atoms with Crippen molar-refractivity contribution in [3.05, 3.63) is 29.3 Å². The van der Waals surface area contributed by atoms with Gasteiger partial charge >= 0.3 is 0 Å². The molecule has 0 unspecified atom stereocenters. The van der Waals surface area contributed by atoms with Crippen molar-refractivity contribution in [3.8, 4) is 5.75 Å². The molecule has 0 aliphatic heterocycles. The highest BCUT2D eigenvalue weighted by Crippen LogP contribution is 2.19. The van der Waals surface area contributed by atoms with Gasteiger partial charge < -0.3 is 15.4 Å². The second-order valence-electron chi connectivity index (χ2n) is 5.08. The molecule has 1 aromatic carbocycles. The molecule has 0 saturated heterocycles. The Morgan fingerprint density at radius 3 is 2.89 bits per heavy atom. The van der Waals surface area contributed by atoms with Gasteiger partial charge in [-0.05, 0) is 25.8 Å². The maximum atomic E-state index is 11.5. The van der Waals surface area contributed by atoms with E-state index in [9.17, 15) is 4.79 Å². The molecule has 0 bridgehead atoms. The number of methoxy groups -OCH3 is 1. The van der Waals surface area contributed by atoms with Crippen LogP contribution in [-0.2, 0) is 11.3 Å². The van der Waals surface area contributed by atoms with E-state index in [1.807, 2.05) is 12.1 Å². The monoisotopic (exact) mass is 262 g/mol. The maximum Gasteiger partial charge on any atom is 0.221 e. The number of hydrogen-bond acceptors (Lipinski definition) is 3. The third-order valence-electron chi connectivity index (χ3n) is 3.22. The van der Waals surface area contributed by atoms with Crippen LogP contribution in [0.4, 0.5) is 0 Å². The molecule has 1 aromatic rings. The Labute approximate surface area is 114 Å². The number of carbonyl (C=O) groups excluding carboxylic acids is 1. The summed E-state index contributed by atoms with van der Waals surface area (Å²) in [7, 11) is 1.68. The number of benzene rings is 1. The minimum Gasteiger partial charge on any atom is -0.496 e. The molecule has 1 aliphatic rings. The Bertz CT molecular complexity index is 442. The fraction of sp³-hybridized carbons (Fsp3) is 0.533. The van der Waals surface area contributed by atoms with Crippen molar-refractivity contribution in [2.75, 3.05) is 13.7 Å². The average Bonchev–Trinajstić information content (AvgIpc) is 3.19. The van der Waals surface area contributed by atoms with Crippen LogP contribution in [0.25, 0.3) is 0 Å². The van der Waals surface area contributed by atoms with Crippen molar-refractivity contribution in [1.82, 2.24) is 10.6 Å². The minimum absolute atomic E-state index is 0.145. The number of nitrogens with one attached hydrogen (secondary N) is 2. The van der Waals surface area contributed by atoms with Crippen LogP contribution < -0.4 is 15.4 Å². The fourth-order valence-corrected chi connectivity index (χ4v) is 2.00. The molecule has 1 fully saturated rings. The molecular weight excluding hydrogens is 240 g/mol. The summed E-state index contributed by atoms with van der Waals surface area (Å²) < 4.78 is 5.32. The number of amides is 1. The molecule has 0 spiro atoms. The first kappa shape index (κ1) is 13.9. The number of rotatable bonds is 7. The van der Waals surface area contributed by atoms with Gasteiger partial charge in [0.05, 0.1) is 7.11 Å². The molecule has 0 radical (unpaired) electrons. The van der Waals surface area contributed by atoms with Gasteiger partial charge in [-0.15, -0.1) is 0 Å². The SMILES string of the molecule is COc1ccc(C)cc1CNCCC(=O)NC1CC1. The van der Waals surface area contributed by atoms with E-state index in [0.29, 0.717) is 19.0 Å². The van der Waals surface area contributed by atoms with Gasteiger partial charge in [0.2, 0.25) is 5.91 Å². The summed E-state index contributed by atoms with van der Waals surface area (Å²) in [5.41, 5.74) is 2.34. The molecule has 2 N–H and O–H groups in total. The summed E-state index contributed by atoms with van der Waals surface area (Å²) in [6, 6.07) is 6.57. The zero-order valence-electron chi connectivity index (χ0n) is 11.7. The summed E-state index contributed by atoms with van der Waals surface area (Å²) in [5, 5.41) is 6.27. The van der Waals surface area contributed by atoms with Crippen LogP contribution in [0.1, 0.15) is 30.4 Å². The normalized spacial score (nSPS) is 14.2. The van der Waals surface area contributed by atoms with Gasteiger partial charge in [-0.3, -0.25) is 4.79 Å². The van der Waals surface area contributed by atoms with Gasteiger partial charge in [-0.1, -0.05) is 17.7 Å². The lowest BCUT2D eigenvalue weighted by Gasteiger charge is -2.10. The maximum absolute atomic E-state index is 11.5. The van der Waals surface area contributed by atoms with Crippen LogP contribution in [0.15, 0.2) is 18.2 Å². The van der Waals surface area contributed by atoms with Gasteiger partial charge in [0, 0.05) is 31.1 Å². The molecule has 1 amide bonds. The largest absolute Gasteiger partial charge is 0.496 e. The van der Waals surface area contributed by atoms with Gasteiger partial charge in [0.25, 0.3) is 0 Å². The first-order chi connectivity index (χ1) is 9.19. The highest BCUT2D eigenvalue weighted by atomic mass is 16.5. The Balaban J connectivity index is 1.72. The Hall–Kier alpha value is -1.55. The highest BCUT2D eigenvalue weighted by molar-refractivity contribution is 5.76. The van der Waals surface area contributed by atoms with Crippen molar-refractivity contribution in [1.29, 1.82) is 0 Å². The van der Waals surface area contributed by atoms with E-state index in [1.54, 1.807) is 7.11 Å². The minimum atomic E-state index is 0.145. The summed E-state index contributed by atoms with van der Waals surface area (Å²) in [4.78, 5) is 11.5. The van der Waals surface area contributed by atoms with Crippen molar-refractivity contribution in [3.63, 3.8) is 0 Å². The molecule has 0 atom stereocenters. The third-order valence-corrected chi connectivity index (χ3v) is 3.22. The highest BCUT2D eigenvalue weighted by Gasteiger charge is 2.22. The Morgan fingerprint density at radius 1 is 1.42 bits per heavy atom.